The predicted molar refractivity (Wildman–Crippen MR) is 72.2 cm³/mol. The highest BCUT2D eigenvalue weighted by Crippen LogP contribution is 2.25. The average molecular weight is 267 g/mol. The van der Waals surface area contributed by atoms with Crippen molar-refractivity contribution < 1.29 is 20.1 Å². The van der Waals surface area contributed by atoms with Crippen LogP contribution in [0.1, 0.15) is 37.0 Å². The molecule has 0 radical (unpaired) electrons. The van der Waals surface area contributed by atoms with Crippen LogP contribution in [0.3, 0.4) is 0 Å². The first-order chi connectivity index (χ1) is 8.96. The highest BCUT2D eigenvalue weighted by atomic mass is 16.3. The lowest BCUT2D eigenvalue weighted by atomic mass is 9.83. The van der Waals surface area contributed by atoms with Crippen LogP contribution >= 0.6 is 0 Å². The molecule has 1 aromatic carbocycles. The Hall–Kier alpha value is -1.75. The van der Waals surface area contributed by atoms with E-state index in [1.807, 2.05) is 13.8 Å². The molecule has 0 unspecified atom stereocenters. The summed E-state index contributed by atoms with van der Waals surface area (Å²) >= 11 is 0. The topological polar surface area (TPSA) is 89.8 Å². The molecule has 0 atom stereocenters. The summed E-state index contributed by atoms with van der Waals surface area (Å²) in [6, 6.07) is 3.73. The molecule has 106 valence electrons. The second-order valence-corrected chi connectivity index (χ2v) is 4.79. The zero-order chi connectivity index (χ0) is 14.5. The molecule has 0 aliphatic heterocycles. The van der Waals surface area contributed by atoms with Gasteiger partial charge in [0.2, 0.25) is 0 Å². The lowest BCUT2D eigenvalue weighted by molar-refractivity contribution is 0.0850. The van der Waals surface area contributed by atoms with Crippen molar-refractivity contribution in [1.82, 2.24) is 5.32 Å². The Balaban J connectivity index is 2.74. The molecule has 5 heteroatoms. The van der Waals surface area contributed by atoms with Crippen LogP contribution in [0.2, 0.25) is 0 Å². The number of phenolic OH excluding ortho intramolecular Hbond substituents is 2. The van der Waals surface area contributed by atoms with Gasteiger partial charge in [-0.1, -0.05) is 13.8 Å². The lowest BCUT2D eigenvalue weighted by Crippen LogP contribution is -2.39. The SMILES string of the molecule is CCC(CC)(CO)CNC(=O)c1cc(O)cc(O)c1. The maximum atomic E-state index is 11.9. The van der Waals surface area contributed by atoms with Crippen molar-refractivity contribution in [3.8, 4) is 11.5 Å². The Morgan fingerprint density at radius 1 is 1.16 bits per heavy atom. The van der Waals surface area contributed by atoms with Crippen molar-refractivity contribution in [2.24, 2.45) is 5.41 Å². The van der Waals surface area contributed by atoms with Gasteiger partial charge in [0, 0.05) is 23.6 Å². The minimum absolute atomic E-state index is 0.00553. The van der Waals surface area contributed by atoms with Gasteiger partial charge in [-0.05, 0) is 25.0 Å². The molecule has 0 aliphatic rings. The molecule has 0 aliphatic carbocycles. The summed E-state index contributed by atoms with van der Waals surface area (Å²) in [6.45, 7) is 4.29. The fourth-order valence-corrected chi connectivity index (χ4v) is 1.88. The van der Waals surface area contributed by atoms with E-state index in [0.717, 1.165) is 18.9 Å². The number of aromatic hydroxyl groups is 2. The van der Waals surface area contributed by atoms with Gasteiger partial charge in [0.1, 0.15) is 11.5 Å². The van der Waals surface area contributed by atoms with Gasteiger partial charge in [-0.15, -0.1) is 0 Å². The van der Waals surface area contributed by atoms with Gasteiger partial charge < -0.3 is 20.6 Å². The largest absolute Gasteiger partial charge is 0.508 e. The van der Waals surface area contributed by atoms with E-state index in [0.29, 0.717) is 6.54 Å². The number of aliphatic hydroxyl groups is 1. The van der Waals surface area contributed by atoms with Crippen LogP contribution in [0.25, 0.3) is 0 Å². The van der Waals surface area contributed by atoms with E-state index in [-0.39, 0.29) is 35.0 Å². The minimum atomic E-state index is -0.383. The number of amides is 1. The molecule has 0 saturated carbocycles. The monoisotopic (exact) mass is 267 g/mol. The van der Waals surface area contributed by atoms with E-state index in [9.17, 15) is 20.1 Å². The number of carbonyl (C=O) groups excluding carboxylic acids is 1. The number of phenols is 2. The lowest BCUT2D eigenvalue weighted by Gasteiger charge is -2.29. The summed E-state index contributed by atoms with van der Waals surface area (Å²) in [5.74, 6) is -0.708. The van der Waals surface area contributed by atoms with Gasteiger partial charge in [-0.2, -0.15) is 0 Å². The smallest absolute Gasteiger partial charge is 0.251 e. The Morgan fingerprint density at radius 3 is 2.11 bits per heavy atom. The summed E-state index contributed by atoms with van der Waals surface area (Å²) in [7, 11) is 0. The summed E-state index contributed by atoms with van der Waals surface area (Å²) < 4.78 is 0. The summed E-state index contributed by atoms with van der Waals surface area (Å²) in [5.41, 5.74) is -0.134. The van der Waals surface area contributed by atoms with Crippen LogP contribution < -0.4 is 5.32 Å². The zero-order valence-corrected chi connectivity index (χ0v) is 11.3. The van der Waals surface area contributed by atoms with E-state index < -0.39 is 0 Å². The maximum Gasteiger partial charge on any atom is 0.251 e. The quantitative estimate of drug-likeness (QED) is 0.630. The number of rotatable bonds is 6. The van der Waals surface area contributed by atoms with Crippen molar-refractivity contribution in [2.75, 3.05) is 13.2 Å². The summed E-state index contributed by atoms with van der Waals surface area (Å²) in [4.78, 5) is 11.9. The molecule has 0 saturated heterocycles. The van der Waals surface area contributed by atoms with Crippen molar-refractivity contribution in [2.45, 2.75) is 26.7 Å². The second kappa shape index (κ2) is 6.43. The number of benzene rings is 1. The van der Waals surface area contributed by atoms with Gasteiger partial charge in [0.15, 0.2) is 0 Å². The standard InChI is InChI=1S/C14H21NO4/c1-3-14(4-2,9-16)8-15-13(19)10-5-11(17)7-12(18)6-10/h5-7,16-18H,3-4,8-9H2,1-2H3,(H,15,19). The molecular weight excluding hydrogens is 246 g/mol. The predicted octanol–water partition coefficient (Wildman–Crippen LogP) is 1.63. The Labute approximate surface area is 112 Å². The van der Waals surface area contributed by atoms with Gasteiger partial charge >= 0.3 is 0 Å². The number of carbonyl (C=O) groups is 1. The third-order valence-electron chi connectivity index (χ3n) is 3.62. The van der Waals surface area contributed by atoms with Gasteiger partial charge in [0.05, 0.1) is 6.61 Å². The molecular formula is C14H21NO4. The average Bonchev–Trinajstić information content (AvgIpc) is 2.39. The summed E-state index contributed by atoms with van der Waals surface area (Å²) in [6.07, 6.45) is 1.51. The van der Waals surface area contributed by atoms with Crippen LogP contribution in [0.5, 0.6) is 11.5 Å². The molecule has 19 heavy (non-hydrogen) atoms. The van der Waals surface area contributed by atoms with E-state index in [1.165, 1.54) is 12.1 Å². The Kier molecular flexibility index (Phi) is 5.18. The highest BCUT2D eigenvalue weighted by molar-refractivity contribution is 5.95. The van der Waals surface area contributed by atoms with Gasteiger partial charge in [-0.25, -0.2) is 0 Å². The molecule has 5 nitrogen and oxygen atoms in total. The number of hydrogen-bond acceptors (Lipinski definition) is 4. The number of nitrogens with one attached hydrogen (secondary N) is 1. The van der Waals surface area contributed by atoms with Crippen LogP contribution in [0.15, 0.2) is 18.2 Å². The highest BCUT2D eigenvalue weighted by Gasteiger charge is 2.26. The first-order valence-electron chi connectivity index (χ1n) is 6.38. The zero-order valence-electron chi connectivity index (χ0n) is 11.3. The fourth-order valence-electron chi connectivity index (χ4n) is 1.88. The molecule has 0 spiro atoms. The minimum Gasteiger partial charge on any atom is -0.508 e. The van der Waals surface area contributed by atoms with Crippen molar-refractivity contribution in [3.63, 3.8) is 0 Å². The molecule has 1 aromatic rings. The van der Waals surface area contributed by atoms with E-state index in [4.69, 9.17) is 0 Å². The third kappa shape index (κ3) is 3.86. The summed E-state index contributed by atoms with van der Waals surface area (Å²) in [5, 5.41) is 30.8. The molecule has 0 heterocycles. The normalized spacial score (nSPS) is 11.3. The first kappa shape index (κ1) is 15.3. The van der Waals surface area contributed by atoms with Crippen LogP contribution in [0, 0.1) is 5.41 Å². The molecule has 0 bridgehead atoms. The molecule has 0 aromatic heterocycles. The van der Waals surface area contributed by atoms with Crippen LogP contribution in [-0.4, -0.2) is 34.4 Å². The molecule has 4 N–H and O–H groups in total. The fraction of sp³-hybridized carbons (Fsp3) is 0.500. The van der Waals surface area contributed by atoms with E-state index in [1.54, 1.807) is 0 Å². The Bertz CT molecular complexity index is 413. The number of aliphatic hydroxyl groups excluding tert-OH is 1. The first-order valence-corrected chi connectivity index (χ1v) is 6.38. The van der Waals surface area contributed by atoms with Crippen LogP contribution in [-0.2, 0) is 0 Å². The maximum absolute atomic E-state index is 11.9. The Morgan fingerprint density at radius 2 is 1.68 bits per heavy atom. The van der Waals surface area contributed by atoms with Crippen molar-refractivity contribution in [3.05, 3.63) is 23.8 Å². The molecule has 1 amide bonds. The molecule has 1 rings (SSSR count). The molecule has 0 fully saturated rings. The third-order valence-corrected chi connectivity index (χ3v) is 3.62. The number of hydrogen-bond donors (Lipinski definition) is 4. The second-order valence-electron chi connectivity index (χ2n) is 4.79. The van der Waals surface area contributed by atoms with Gasteiger partial charge in [0.25, 0.3) is 5.91 Å². The van der Waals surface area contributed by atoms with E-state index in [2.05, 4.69) is 5.32 Å². The van der Waals surface area contributed by atoms with Gasteiger partial charge in [-0.3, -0.25) is 4.79 Å². The van der Waals surface area contributed by atoms with Crippen molar-refractivity contribution in [1.29, 1.82) is 0 Å². The van der Waals surface area contributed by atoms with Crippen molar-refractivity contribution >= 4 is 5.91 Å². The van der Waals surface area contributed by atoms with E-state index >= 15 is 0 Å². The van der Waals surface area contributed by atoms with Crippen LogP contribution in [0.4, 0.5) is 0 Å².